The topological polar surface area (TPSA) is 35.6 Å². The molecule has 0 aromatic heterocycles. The summed E-state index contributed by atoms with van der Waals surface area (Å²) in [5, 5.41) is 2.99. The number of rotatable bonds is 6. The first-order valence-corrected chi connectivity index (χ1v) is 9.64. The minimum atomic E-state index is -0.596. The van der Waals surface area contributed by atoms with Crippen molar-refractivity contribution in [1.29, 1.82) is 0 Å². The molecule has 3 rings (SSSR count). The van der Waals surface area contributed by atoms with Gasteiger partial charge in [-0.25, -0.2) is 4.39 Å². The Hall–Kier alpha value is -1.95. The number of hydrogen-bond donors (Lipinski definition) is 1. The summed E-state index contributed by atoms with van der Waals surface area (Å²) in [7, 11) is 0. The van der Waals surface area contributed by atoms with Crippen LogP contribution in [0.1, 0.15) is 22.8 Å². The molecule has 1 aliphatic rings. The van der Waals surface area contributed by atoms with Gasteiger partial charge in [-0.1, -0.05) is 48.0 Å². The first-order valence-electron chi connectivity index (χ1n) is 9.26. The van der Waals surface area contributed by atoms with E-state index in [9.17, 15) is 9.18 Å². The van der Waals surface area contributed by atoms with Gasteiger partial charge in [0.2, 0.25) is 0 Å². The van der Waals surface area contributed by atoms with Crippen molar-refractivity contribution >= 4 is 17.5 Å². The van der Waals surface area contributed by atoms with Crippen molar-refractivity contribution in [3.8, 4) is 0 Å². The molecule has 0 bridgehead atoms. The van der Waals surface area contributed by atoms with E-state index in [-0.39, 0.29) is 16.6 Å². The predicted molar refractivity (Wildman–Crippen MR) is 106 cm³/mol. The molecule has 0 aliphatic carbocycles. The van der Waals surface area contributed by atoms with Gasteiger partial charge in [-0.2, -0.15) is 0 Å². The maximum Gasteiger partial charge on any atom is 0.256 e. The number of nitrogens with one attached hydrogen (secondary N) is 1. The fourth-order valence-corrected chi connectivity index (χ4v) is 3.66. The van der Waals surface area contributed by atoms with E-state index in [1.807, 2.05) is 13.0 Å². The summed E-state index contributed by atoms with van der Waals surface area (Å²) in [6, 6.07) is 14.6. The van der Waals surface area contributed by atoms with E-state index in [1.165, 1.54) is 23.8 Å². The van der Waals surface area contributed by atoms with Crippen molar-refractivity contribution < 1.29 is 9.18 Å². The summed E-state index contributed by atoms with van der Waals surface area (Å²) in [5.74, 6) is -1.06. The van der Waals surface area contributed by atoms with Crippen molar-refractivity contribution in [2.75, 3.05) is 32.7 Å². The average Bonchev–Trinajstić information content (AvgIpc) is 2.64. The Labute approximate surface area is 164 Å². The average molecular weight is 390 g/mol. The fraction of sp³-hybridized carbons (Fsp3) is 0.381. The lowest BCUT2D eigenvalue weighted by atomic mass is 10.1. The van der Waals surface area contributed by atoms with Gasteiger partial charge in [-0.3, -0.25) is 14.6 Å². The molecule has 1 aliphatic heterocycles. The Balaban J connectivity index is 1.45. The van der Waals surface area contributed by atoms with Gasteiger partial charge in [0.05, 0.1) is 10.6 Å². The van der Waals surface area contributed by atoms with Crippen LogP contribution in [0, 0.1) is 5.82 Å². The second-order valence-electron chi connectivity index (χ2n) is 7.03. The Morgan fingerprint density at radius 3 is 2.41 bits per heavy atom. The molecule has 2 aromatic rings. The molecule has 0 saturated carbocycles. The third-order valence-electron chi connectivity index (χ3n) is 4.81. The number of amides is 1. The summed E-state index contributed by atoms with van der Waals surface area (Å²) in [6.45, 7) is 7.52. The molecule has 4 nitrogen and oxygen atoms in total. The monoisotopic (exact) mass is 389 g/mol. The number of carbonyl (C=O) groups is 1. The molecule has 144 valence electrons. The van der Waals surface area contributed by atoms with E-state index in [2.05, 4.69) is 39.4 Å². The summed E-state index contributed by atoms with van der Waals surface area (Å²) < 4.78 is 13.9. The van der Waals surface area contributed by atoms with Gasteiger partial charge < -0.3 is 5.32 Å². The predicted octanol–water partition coefficient (Wildman–Crippen LogP) is 3.42. The van der Waals surface area contributed by atoms with Crippen LogP contribution < -0.4 is 5.32 Å². The quantitative estimate of drug-likeness (QED) is 0.822. The van der Waals surface area contributed by atoms with Crippen LogP contribution in [0.15, 0.2) is 48.5 Å². The van der Waals surface area contributed by atoms with E-state index in [4.69, 9.17) is 11.6 Å². The van der Waals surface area contributed by atoms with Gasteiger partial charge in [-0.15, -0.1) is 0 Å². The number of halogens is 2. The lowest BCUT2D eigenvalue weighted by molar-refractivity contribution is 0.0897. The maximum atomic E-state index is 13.9. The Morgan fingerprint density at radius 2 is 1.74 bits per heavy atom. The molecule has 1 fully saturated rings. The van der Waals surface area contributed by atoms with Crippen LogP contribution in [0.5, 0.6) is 0 Å². The second kappa shape index (κ2) is 9.31. The highest BCUT2D eigenvalue weighted by atomic mass is 35.5. The minimum Gasteiger partial charge on any atom is -0.348 e. The van der Waals surface area contributed by atoms with Crippen molar-refractivity contribution in [3.05, 3.63) is 70.5 Å². The van der Waals surface area contributed by atoms with Gasteiger partial charge in [0.15, 0.2) is 0 Å². The molecule has 6 heteroatoms. The van der Waals surface area contributed by atoms with Gasteiger partial charge in [-0.05, 0) is 24.6 Å². The molecule has 1 saturated heterocycles. The van der Waals surface area contributed by atoms with E-state index < -0.39 is 11.7 Å². The molecule has 1 heterocycles. The van der Waals surface area contributed by atoms with Crippen molar-refractivity contribution in [3.63, 3.8) is 0 Å². The lowest BCUT2D eigenvalue weighted by Gasteiger charge is -2.36. The number of carbonyl (C=O) groups excluding carboxylic acids is 1. The molecule has 0 radical (unpaired) electrons. The molecular formula is C21H25ClFN3O. The molecular weight excluding hydrogens is 365 g/mol. The van der Waals surface area contributed by atoms with Crippen molar-refractivity contribution in [2.24, 2.45) is 0 Å². The first-order chi connectivity index (χ1) is 13.0. The van der Waals surface area contributed by atoms with Crippen molar-refractivity contribution in [2.45, 2.75) is 19.5 Å². The highest BCUT2D eigenvalue weighted by Crippen LogP contribution is 2.19. The van der Waals surface area contributed by atoms with Crippen LogP contribution in [0.3, 0.4) is 0 Å². The second-order valence-corrected chi connectivity index (χ2v) is 7.44. The zero-order valence-corrected chi connectivity index (χ0v) is 16.3. The van der Waals surface area contributed by atoms with E-state index >= 15 is 0 Å². The van der Waals surface area contributed by atoms with Crippen molar-refractivity contribution in [1.82, 2.24) is 15.1 Å². The lowest BCUT2D eigenvalue weighted by Crippen LogP contribution is -2.50. The number of hydrogen-bond acceptors (Lipinski definition) is 3. The Morgan fingerprint density at radius 1 is 1.07 bits per heavy atom. The van der Waals surface area contributed by atoms with Gasteiger partial charge in [0, 0.05) is 45.3 Å². The van der Waals surface area contributed by atoms with Crippen LogP contribution in [0.25, 0.3) is 0 Å². The summed E-state index contributed by atoms with van der Waals surface area (Å²) in [4.78, 5) is 17.1. The largest absolute Gasteiger partial charge is 0.348 e. The highest BCUT2D eigenvalue weighted by Gasteiger charge is 2.21. The van der Waals surface area contributed by atoms with E-state index in [1.54, 1.807) is 0 Å². The molecule has 1 N–H and O–H groups in total. The Kier molecular flexibility index (Phi) is 6.83. The standard InChI is InChI=1S/C21H25ClFN3O/c1-16(24-21(27)20-18(22)8-5-9-19(20)23)14-25-10-12-26(13-11-25)15-17-6-3-2-4-7-17/h2-9,16H,10-15H2,1H3,(H,24,27)/t16-/m0/s1. The molecule has 2 aromatic carbocycles. The summed E-state index contributed by atoms with van der Waals surface area (Å²) >= 11 is 5.97. The normalized spacial score (nSPS) is 16.9. The minimum absolute atomic E-state index is 0.0845. The number of piperazine rings is 1. The Bertz CT molecular complexity index is 743. The van der Waals surface area contributed by atoms with Gasteiger partial charge >= 0.3 is 0 Å². The molecule has 0 spiro atoms. The third kappa shape index (κ3) is 5.51. The smallest absolute Gasteiger partial charge is 0.256 e. The molecule has 27 heavy (non-hydrogen) atoms. The van der Waals surface area contributed by atoms with E-state index in [0.29, 0.717) is 0 Å². The zero-order chi connectivity index (χ0) is 19.2. The molecule has 0 unspecified atom stereocenters. The van der Waals surface area contributed by atoms with E-state index in [0.717, 1.165) is 39.3 Å². The zero-order valence-electron chi connectivity index (χ0n) is 15.5. The van der Waals surface area contributed by atoms with Crippen LogP contribution in [0.2, 0.25) is 5.02 Å². The molecule has 1 atom stereocenters. The fourth-order valence-electron chi connectivity index (χ4n) is 3.42. The first kappa shape index (κ1) is 19.8. The number of benzene rings is 2. The maximum absolute atomic E-state index is 13.9. The SMILES string of the molecule is C[C@@H](CN1CCN(Cc2ccccc2)CC1)NC(=O)c1c(F)cccc1Cl. The van der Waals surface area contributed by atoms with Crippen LogP contribution >= 0.6 is 11.6 Å². The van der Waals surface area contributed by atoms with Gasteiger partial charge in [0.25, 0.3) is 5.91 Å². The third-order valence-corrected chi connectivity index (χ3v) is 5.13. The van der Waals surface area contributed by atoms with Crippen LogP contribution in [0.4, 0.5) is 4.39 Å². The summed E-state index contributed by atoms with van der Waals surface area (Å²) in [5.41, 5.74) is 1.24. The van der Waals surface area contributed by atoms with Gasteiger partial charge in [0.1, 0.15) is 5.82 Å². The van der Waals surface area contributed by atoms with Crippen LogP contribution in [-0.2, 0) is 6.54 Å². The highest BCUT2D eigenvalue weighted by molar-refractivity contribution is 6.33. The van der Waals surface area contributed by atoms with Crippen LogP contribution in [-0.4, -0.2) is 54.5 Å². The molecule has 1 amide bonds. The number of nitrogens with zero attached hydrogens (tertiary/aromatic N) is 2. The summed E-state index contributed by atoms with van der Waals surface area (Å²) in [6.07, 6.45) is 0.